The number of ether oxygens (including phenoxy) is 1. The Morgan fingerprint density at radius 2 is 2.16 bits per heavy atom. The molecule has 2 unspecified atom stereocenters. The van der Waals surface area contributed by atoms with Gasteiger partial charge in [-0.05, 0) is 24.5 Å². The van der Waals surface area contributed by atoms with Crippen molar-refractivity contribution < 1.29 is 18.3 Å². The Bertz CT molecular complexity index is 529. The first kappa shape index (κ1) is 14.6. The van der Waals surface area contributed by atoms with Crippen LogP contribution in [0.1, 0.15) is 6.42 Å². The van der Waals surface area contributed by atoms with Crippen LogP contribution in [0.4, 0.5) is 0 Å². The van der Waals surface area contributed by atoms with Gasteiger partial charge in [0.05, 0.1) is 23.1 Å². The van der Waals surface area contributed by atoms with Gasteiger partial charge in [-0.25, -0.2) is 8.42 Å². The molecule has 1 heterocycles. The first-order chi connectivity index (χ1) is 9.02. The van der Waals surface area contributed by atoms with E-state index < -0.39 is 9.84 Å². The fourth-order valence-corrected chi connectivity index (χ4v) is 4.40. The Labute approximate surface area is 118 Å². The lowest BCUT2D eigenvalue weighted by Crippen LogP contribution is -2.26. The van der Waals surface area contributed by atoms with Crippen LogP contribution < -0.4 is 4.74 Å². The average molecular weight is 305 g/mol. The van der Waals surface area contributed by atoms with Crippen molar-refractivity contribution in [3.8, 4) is 5.75 Å². The van der Waals surface area contributed by atoms with Crippen LogP contribution in [-0.4, -0.2) is 38.2 Å². The van der Waals surface area contributed by atoms with E-state index in [1.165, 1.54) is 0 Å². The maximum Gasteiger partial charge on any atom is 0.150 e. The van der Waals surface area contributed by atoms with Crippen LogP contribution in [0.2, 0.25) is 5.02 Å². The zero-order chi connectivity index (χ0) is 13.9. The van der Waals surface area contributed by atoms with E-state index in [2.05, 4.69) is 0 Å². The molecule has 1 aliphatic heterocycles. The molecule has 0 aliphatic carbocycles. The second-order valence-corrected chi connectivity index (χ2v) is 7.48. The van der Waals surface area contributed by atoms with Crippen molar-refractivity contribution in [1.29, 1.82) is 0 Å². The van der Waals surface area contributed by atoms with E-state index >= 15 is 0 Å². The number of benzene rings is 1. The highest BCUT2D eigenvalue weighted by Crippen LogP contribution is 2.28. The van der Waals surface area contributed by atoms with E-state index in [4.69, 9.17) is 16.3 Å². The lowest BCUT2D eigenvalue weighted by molar-refractivity contribution is 0.126. The van der Waals surface area contributed by atoms with Gasteiger partial charge in [-0.3, -0.25) is 0 Å². The highest BCUT2D eigenvalue weighted by molar-refractivity contribution is 7.91. The predicted octanol–water partition coefficient (Wildman–Crippen LogP) is 1.76. The van der Waals surface area contributed by atoms with E-state index in [9.17, 15) is 13.5 Å². The van der Waals surface area contributed by atoms with Crippen LogP contribution in [0.3, 0.4) is 0 Å². The molecule has 2 atom stereocenters. The number of sulfone groups is 1. The first-order valence-electron chi connectivity index (χ1n) is 6.20. The summed E-state index contributed by atoms with van der Waals surface area (Å²) < 4.78 is 28.5. The molecule has 0 amide bonds. The number of aliphatic hydroxyl groups is 1. The van der Waals surface area contributed by atoms with Crippen LogP contribution >= 0.6 is 11.6 Å². The summed E-state index contributed by atoms with van der Waals surface area (Å²) in [6, 6.07) is 7.10. The minimum Gasteiger partial charge on any atom is -0.492 e. The molecule has 0 radical (unpaired) electrons. The third kappa shape index (κ3) is 3.84. The van der Waals surface area contributed by atoms with Gasteiger partial charge in [0.25, 0.3) is 0 Å². The Morgan fingerprint density at radius 1 is 1.42 bits per heavy atom. The normalized spacial score (nSPS) is 23.2. The Morgan fingerprint density at radius 3 is 2.74 bits per heavy atom. The third-order valence-corrected chi connectivity index (χ3v) is 5.56. The standard InChI is InChI=1S/C13H17ClO4S/c14-12-3-1-2-4-13(12)18-8-11(7-15)10-5-6-19(16,17)9-10/h1-4,10-11,15H,5-9H2. The van der Waals surface area contributed by atoms with Crippen LogP contribution in [0, 0.1) is 11.8 Å². The van der Waals surface area contributed by atoms with Gasteiger partial charge in [0.2, 0.25) is 0 Å². The number of hydrogen-bond donors (Lipinski definition) is 1. The predicted molar refractivity (Wildman–Crippen MR) is 74.3 cm³/mol. The van der Waals surface area contributed by atoms with Crippen molar-refractivity contribution in [2.75, 3.05) is 24.7 Å². The molecule has 0 spiro atoms. The molecule has 0 aromatic heterocycles. The maximum absolute atomic E-state index is 11.4. The third-order valence-electron chi connectivity index (χ3n) is 3.46. The topological polar surface area (TPSA) is 63.6 Å². The summed E-state index contributed by atoms with van der Waals surface area (Å²) in [6.45, 7) is 0.199. The summed E-state index contributed by atoms with van der Waals surface area (Å²) in [5.41, 5.74) is 0. The van der Waals surface area contributed by atoms with Crippen LogP contribution in [0.15, 0.2) is 24.3 Å². The van der Waals surface area contributed by atoms with E-state index in [0.29, 0.717) is 17.2 Å². The first-order valence-corrected chi connectivity index (χ1v) is 8.40. The Balaban J connectivity index is 1.95. The minimum atomic E-state index is -2.93. The fraction of sp³-hybridized carbons (Fsp3) is 0.538. The number of halogens is 1. The molecule has 0 bridgehead atoms. The Hall–Kier alpha value is -0.780. The molecule has 6 heteroatoms. The van der Waals surface area contributed by atoms with Crippen molar-refractivity contribution in [3.05, 3.63) is 29.3 Å². The number of aliphatic hydroxyl groups excluding tert-OH is 1. The van der Waals surface area contributed by atoms with Gasteiger partial charge < -0.3 is 9.84 Å². The van der Waals surface area contributed by atoms with Gasteiger partial charge in [0, 0.05) is 12.5 Å². The molecule has 0 saturated carbocycles. The molecule has 1 aliphatic rings. The monoisotopic (exact) mass is 304 g/mol. The molecule has 4 nitrogen and oxygen atoms in total. The summed E-state index contributed by atoms with van der Waals surface area (Å²) in [5, 5.41) is 9.91. The lowest BCUT2D eigenvalue weighted by Gasteiger charge is -2.20. The summed E-state index contributed by atoms with van der Waals surface area (Å²) in [6.07, 6.45) is 0.597. The summed E-state index contributed by atoms with van der Waals surface area (Å²) in [5.74, 6) is 0.708. The minimum absolute atomic E-state index is 0.0301. The van der Waals surface area contributed by atoms with Crippen molar-refractivity contribution in [2.45, 2.75) is 6.42 Å². The van der Waals surface area contributed by atoms with Gasteiger partial charge in [0.15, 0.2) is 9.84 Å². The zero-order valence-electron chi connectivity index (χ0n) is 10.5. The molecule has 19 heavy (non-hydrogen) atoms. The molecule has 1 N–H and O–H groups in total. The van der Waals surface area contributed by atoms with Crippen molar-refractivity contribution in [2.24, 2.45) is 11.8 Å². The van der Waals surface area contributed by atoms with Gasteiger partial charge in [0.1, 0.15) is 5.75 Å². The van der Waals surface area contributed by atoms with Gasteiger partial charge in [-0.15, -0.1) is 0 Å². The van der Waals surface area contributed by atoms with Crippen LogP contribution in [-0.2, 0) is 9.84 Å². The number of para-hydroxylation sites is 1. The number of rotatable bonds is 5. The van der Waals surface area contributed by atoms with Crippen LogP contribution in [0.25, 0.3) is 0 Å². The highest BCUT2D eigenvalue weighted by atomic mass is 35.5. The van der Waals surface area contributed by atoms with Crippen molar-refractivity contribution in [3.63, 3.8) is 0 Å². The molecule has 1 aromatic carbocycles. The van der Waals surface area contributed by atoms with E-state index in [1.807, 2.05) is 12.1 Å². The molecule has 106 valence electrons. The maximum atomic E-state index is 11.4. The quantitative estimate of drug-likeness (QED) is 0.900. The molecular formula is C13H17ClO4S. The SMILES string of the molecule is O=S1(=O)CCC(C(CO)COc2ccccc2Cl)C1. The molecule has 1 fully saturated rings. The summed E-state index contributed by atoms with van der Waals surface area (Å²) in [7, 11) is -2.93. The van der Waals surface area contributed by atoms with Gasteiger partial charge in [-0.2, -0.15) is 0 Å². The van der Waals surface area contributed by atoms with Crippen molar-refractivity contribution >= 4 is 21.4 Å². The summed E-state index contributed by atoms with van der Waals surface area (Å²) >= 11 is 5.97. The summed E-state index contributed by atoms with van der Waals surface area (Å²) in [4.78, 5) is 0. The largest absolute Gasteiger partial charge is 0.492 e. The average Bonchev–Trinajstić information content (AvgIpc) is 2.73. The van der Waals surface area contributed by atoms with E-state index in [0.717, 1.165) is 0 Å². The van der Waals surface area contributed by atoms with Gasteiger partial charge >= 0.3 is 0 Å². The van der Waals surface area contributed by atoms with E-state index in [1.54, 1.807) is 12.1 Å². The molecule has 1 saturated heterocycles. The molecular weight excluding hydrogens is 288 g/mol. The second kappa shape index (κ2) is 6.11. The molecule has 1 aromatic rings. The smallest absolute Gasteiger partial charge is 0.150 e. The molecule has 2 rings (SSSR count). The number of hydrogen-bond acceptors (Lipinski definition) is 4. The highest BCUT2D eigenvalue weighted by Gasteiger charge is 2.33. The van der Waals surface area contributed by atoms with Crippen LogP contribution in [0.5, 0.6) is 5.75 Å². The zero-order valence-corrected chi connectivity index (χ0v) is 12.0. The van der Waals surface area contributed by atoms with E-state index in [-0.39, 0.29) is 36.6 Å². The fourth-order valence-electron chi connectivity index (χ4n) is 2.29. The Kier molecular flexibility index (Phi) is 4.71. The van der Waals surface area contributed by atoms with Gasteiger partial charge in [-0.1, -0.05) is 23.7 Å². The van der Waals surface area contributed by atoms with Crippen molar-refractivity contribution in [1.82, 2.24) is 0 Å². The lowest BCUT2D eigenvalue weighted by atomic mass is 9.93. The second-order valence-electron chi connectivity index (χ2n) is 4.85.